The lowest BCUT2D eigenvalue weighted by Gasteiger charge is -2.06. The van der Waals surface area contributed by atoms with Gasteiger partial charge < -0.3 is 16.2 Å². The maximum absolute atomic E-state index is 10.5. The maximum atomic E-state index is 10.5. The molecule has 0 aliphatic heterocycles. The highest BCUT2D eigenvalue weighted by molar-refractivity contribution is 7.99. The molecular weight excluding hydrogens is 256 g/mol. The Kier molecular flexibility index (Phi) is 6.23. The van der Waals surface area contributed by atoms with Crippen molar-refractivity contribution in [3.05, 3.63) is 22.2 Å². The molecule has 0 aliphatic carbocycles. The van der Waals surface area contributed by atoms with Crippen LogP contribution >= 0.6 is 11.8 Å². The van der Waals surface area contributed by atoms with E-state index in [9.17, 15) is 10.1 Å². The van der Waals surface area contributed by atoms with Gasteiger partial charge in [0.2, 0.25) is 5.82 Å². The van der Waals surface area contributed by atoms with Crippen LogP contribution in [0.3, 0.4) is 0 Å². The first-order chi connectivity index (χ1) is 8.65. The summed E-state index contributed by atoms with van der Waals surface area (Å²) in [6, 6.07) is 2.87. The molecule has 4 N–H and O–H groups in total. The quantitative estimate of drug-likeness (QED) is 0.369. The number of nitrogens with zero attached hydrogens (tertiary/aromatic N) is 2. The van der Waals surface area contributed by atoms with Crippen molar-refractivity contribution in [2.75, 3.05) is 35.7 Å². The zero-order chi connectivity index (χ0) is 13.4. The molecule has 8 heteroatoms. The Balaban J connectivity index is 2.35. The molecule has 0 radical (unpaired) electrons. The van der Waals surface area contributed by atoms with Gasteiger partial charge in [0.25, 0.3) is 0 Å². The number of pyridine rings is 1. The van der Waals surface area contributed by atoms with Crippen LogP contribution in [0.1, 0.15) is 6.42 Å². The zero-order valence-electron chi connectivity index (χ0n) is 9.83. The average molecular weight is 272 g/mol. The summed E-state index contributed by atoms with van der Waals surface area (Å²) in [5.41, 5.74) is 5.28. The predicted molar refractivity (Wildman–Crippen MR) is 72.8 cm³/mol. The normalized spacial score (nSPS) is 10.3. The molecule has 0 unspecified atom stereocenters. The van der Waals surface area contributed by atoms with E-state index < -0.39 is 4.92 Å². The first kappa shape index (κ1) is 14.5. The first-order valence-corrected chi connectivity index (χ1v) is 6.64. The topological polar surface area (TPSA) is 114 Å². The van der Waals surface area contributed by atoms with Crippen LogP contribution in [0.25, 0.3) is 0 Å². The fourth-order valence-corrected chi connectivity index (χ4v) is 2.02. The summed E-state index contributed by atoms with van der Waals surface area (Å²) in [7, 11) is 0. The maximum Gasteiger partial charge on any atom is 0.311 e. The second-order valence-corrected chi connectivity index (χ2v) is 4.70. The Morgan fingerprint density at radius 1 is 1.50 bits per heavy atom. The van der Waals surface area contributed by atoms with Crippen molar-refractivity contribution in [1.29, 1.82) is 0 Å². The van der Waals surface area contributed by atoms with Crippen LogP contribution in [0.5, 0.6) is 0 Å². The van der Waals surface area contributed by atoms with Gasteiger partial charge in [-0.25, -0.2) is 4.98 Å². The van der Waals surface area contributed by atoms with Crippen LogP contribution in [-0.2, 0) is 0 Å². The second-order valence-electron chi connectivity index (χ2n) is 3.47. The Morgan fingerprint density at radius 2 is 2.28 bits per heavy atom. The largest absolute Gasteiger partial charge is 0.396 e. The first-order valence-electron chi connectivity index (χ1n) is 5.48. The summed E-state index contributed by atoms with van der Waals surface area (Å²) in [5, 5.41) is 22.2. The molecule has 1 rings (SSSR count). The van der Waals surface area contributed by atoms with Crippen LogP contribution in [0.15, 0.2) is 12.1 Å². The molecule has 0 atom stereocenters. The molecule has 0 spiro atoms. The Bertz CT molecular complexity index is 403. The van der Waals surface area contributed by atoms with Gasteiger partial charge in [-0.05, 0) is 18.2 Å². The predicted octanol–water partition coefficient (Wildman–Crippen LogP) is 1.10. The van der Waals surface area contributed by atoms with E-state index in [2.05, 4.69) is 10.3 Å². The highest BCUT2D eigenvalue weighted by Crippen LogP contribution is 2.20. The molecule has 100 valence electrons. The van der Waals surface area contributed by atoms with E-state index in [1.54, 1.807) is 11.8 Å². The van der Waals surface area contributed by atoms with Gasteiger partial charge in [-0.15, -0.1) is 0 Å². The van der Waals surface area contributed by atoms with Crippen molar-refractivity contribution in [3.8, 4) is 0 Å². The molecule has 0 saturated heterocycles. The summed E-state index contributed by atoms with van der Waals surface area (Å²) in [4.78, 5) is 13.9. The third-order valence-corrected chi connectivity index (χ3v) is 3.17. The van der Waals surface area contributed by atoms with E-state index in [4.69, 9.17) is 10.8 Å². The van der Waals surface area contributed by atoms with Gasteiger partial charge in [-0.1, -0.05) is 0 Å². The van der Waals surface area contributed by atoms with Crippen molar-refractivity contribution in [3.63, 3.8) is 0 Å². The molecular formula is C10H16N4O3S. The van der Waals surface area contributed by atoms with Crippen molar-refractivity contribution < 1.29 is 10.0 Å². The third-order valence-electron chi connectivity index (χ3n) is 2.10. The third kappa shape index (κ3) is 4.76. The summed E-state index contributed by atoms with van der Waals surface area (Å²) < 4.78 is 0. The minimum absolute atomic E-state index is 0.0852. The van der Waals surface area contributed by atoms with Gasteiger partial charge in [-0.3, -0.25) is 10.1 Å². The van der Waals surface area contributed by atoms with E-state index in [-0.39, 0.29) is 18.1 Å². The van der Waals surface area contributed by atoms with Crippen molar-refractivity contribution in [1.82, 2.24) is 4.98 Å². The number of hydrogen-bond donors (Lipinski definition) is 3. The van der Waals surface area contributed by atoms with E-state index in [1.807, 2.05) is 0 Å². The van der Waals surface area contributed by atoms with E-state index in [1.165, 1.54) is 12.1 Å². The van der Waals surface area contributed by atoms with Crippen LogP contribution in [-0.4, -0.2) is 39.7 Å². The molecule has 0 aromatic carbocycles. The molecule has 0 aliphatic rings. The molecule has 1 aromatic heterocycles. The zero-order valence-corrected chi connectivity index (χ0v) is 10.7. The number of nitrogen functional groups attached to an aromatic ring is 1. The SMILES string of the molecule is Nc1nc(NCCSCCCO)ccc1[N+](=O)[O-]. The fourth-order valence-electron chi connectivity index (χ4n) is 1.24. The van der Waals surface area contributed by atoms with Gasteiger partial charge in [0.05, 0.1) is 4.92 Å². The Hall–Kier alpha value is -1.54. The summed E-state index contributed by atoms with van der Waals surface area (Å²) >= 11 is 1.72. The minimum Gasteiger partial charge on any atom is -0.396 e. The lowest BCUT2D eigenvalue weighted by molar-refractivity contribution is -0.384. The Morgan fingerprint density at radius 3 is 2.89 bits per heavy atom. The lowest BCUT2D eigenvalue weighted by Crippen LogP contribution is -2.08. The number of nitrogens with two attached hydrogens (primary N) is 1. The van der Waals surface area contributed by atoms with Crippen molar-refractivity contribution >= 4 is 29.1 Å². The van der Waals surface area contributed by atoms with Gasteiger partial charge >= 0.3 is 5.69 Å². The van der Waals surface area contributed by atoms with Crippen LogP contribution in [0.2, 0.25) is 0 Å². The average Bonchev–Trinajstić information content (AvgIpc) is 2.33. The van der Waals surface area contributed by atoms with Crippen molar-refractivity contribution in [2.45, 2.75) is 6.42 Å². The number of aliphatic hydroxyl groups is 1. The number of aliphatic hydroxyl groups excluding tert-OH is 1. The number of nitrogens with one attached hydrogen (secondary N) is 1. The number of nitro groups is 1. The van der Waals surface area contributed by atoms with E-state index >= 15 is 0 Å². The van der Waals surface area contributed by atoms with Gasteiger partial charge in [0.15, 0.2) is 0 Å². The van der Waals surface area contributed by atoms with Crippen LogP contribution in [0.4, 0.5) is 17.3 Å². The molecule has 18 heavy (non-hydrogen) atoms. The van der Waals surface area contributed by atoms with Crippen molar-refractivity contribution in [2.24, 2.45) is 0 Å². The highest BCUT2D eigenvalue weighted by atomic mass is 32.2. The molecule has 0 saturated carbocycles. The molecule has 0 fully saturated rings. The van der Waals surface area contributed by atoms with Gasteiger partial charge in [0, 0.05) is 25.0 Å². The van der Waals surface area contributed by atoms with Crippen LogP contribution in [0, 0.1) is 10.1 Å². The monoisotopic (exact) mass is 272 g/mol. The molecule has 1 aromatic rings. The smallest absolute Gasteiger partial charge is 0.311 e. The fraction of sp³-hybridized carbons (Fsp3) is 0.500. The van der Waals surface area contributed by atoms with Gasteiger partial charge in [0.1, 0.15) is 5.82 Å². The number of anilines is 2. The standard InChI is InChI=1S/C10H16N4O3S/c11-10-8(14(16)17)2-3-9(13-10)12-4-7-18-6-1-5-15/h2-3,15H,1,4-7H2,(H3,11,12,13). The summed E-state index contributed by atoms with van der Waals surface area (Å²) in [6.07, 6.45) is 0.785. The minimum atomic E-state index is -0.559. The highest BCUT2D eigenvalue weighted by Gasteiger charge is 2.12. The Labute approximate surface area is 109 Å². The molecule has 0 bridgehead atoms. The summed E-state index contributed by atoms with van der Waals surface area (Å²) in [5.74, 6) is 2.23. The van der Waals surface area contributed by atoms with E-state index in [0.717, 1.165) is 17.9 Å². The van der Waals surface area contributed by atoms with E-state index in [0.29, 0.717) is 12.4 Å². The van der Waals surface area contributed by atoms with Crippen LogP contribution < -0.4 is 11.1 Å². The number of rotatable bonds is 8. The number of thioether (sulfide) groups is 1. The second kappa shape index (κ2) is 7.72. The van der Waals surface area contributed by atoms with Gasteiger partial charge in [-0.2, -0.15) is 11.8 Å². The number of aromatic nitrogens is 1. The molecule has 0 amide bonds. The molecule has 7 nitrogen and oxygen atoms in total. The lowest BCUT2D eigenvalue weighted by atomic mass is 10.4. The molecule has 1 heterocycles. The number of hydrogen-bond acceptors (Lipinski definition) is 7. The summed E-state index contributed by atoms with van der Waals surface area (Å²) in [6.45, 7) is 0.904.